The maximum absolute atomic E-state index is 2.40. The van der Waals surface area contributed by atoms with Crippen molar-refractivity contribution in [2.45, 2.75) is 12.3 Å². The second kappa shape index (κ2) is 9.14. The first-order valence-corrected chi connectivity index (χ1v) is 16.6. The van der Waals surface area contributed by atoms with Gasteiger partial charge >= 0.3 is 0 Å². The maximum Gasteiger partial charge on any atom is 0.0734 e. The lowest BCUT2D eigenvalue weighted by Crippen LogP contribution is -2.25. The molecule has 8 aromatic rings. The van der Waals surface area contributed by atoms with Crippen molar-refractivity contribution in [3.8, 4) is 43.8 Å². The summed E-state index contributed by atoms with van der Waals surface area (Å²) in [4.78, 5) is 1.40. The van der Waals surface area contributed by atoms with Crippen molar-refractivity contribution in [3.05, 3.63) is 179 Å². The fourth-order valence-corrected chi connectivity index (χ4v) is 9.53. The van der Waals surface area contributed by atoms with Crippen molar-refractivity contribution in [2.24, 2.45) is 0 Å². The Morgan fingerprint density at radius 2 is 0.933 bits per heavy atom. The van der Waals surface area contributed by atoms with Crippen LogP contribution >= 0.6 is 11.3 Å². The van der Waals surface area contributed by atoms with Crippen LogP contribution in [0, 0.1) is 6.92 Å². The lowest BCUT2D eigenvalue weighted by atomic mass is 9.71. The fraction of sp³-hybridized carbons (Fsp3) is 0.0455. The lowest BCUT2D eigenvalue weighted by Gasteiger charge is -2.30. The van der Waals surface area contributed by atoms with Crippen LogP contribution in [0.5, 0.6) is 0 Å². The van der Waals surface area contributed by atoms with Gasteiger partial charge in [-0.05, 0) is 101 Å². The van der Waals surface area contributed by atoms with Crippen LogP contribution in [0.3, 0.4) is 0 Å². The fourth-order valence-electron chi connectivity index (χ4n) is 8.53. The largest absolute Gasteiger partial charge is 0.143 e. The van der Waals surface area contributed by atoms with Crippen LogP contribution < -0.4 is 0 Å². The van der Waals surface area contributed by atoms with Crippen LogP contribution in [-0.2, 0) is 5.41 Å². The predicted octanol–water partition coefficient (Wildman–Crippen LogP) is 12.0. The van der Waals surface area contributed by atoms with Crippen LogP contribution in [0.2, 0.25) is 0 Å². The zero-order valence-electron chi connectivity index (χ0n) is 24.8. The quantitative estimate of drug-likeness (QED) is 0.176. The van der Waals surface area contributed by atoms with Gasteiger partial charge in [0, 0.05) is 4.88 Å². The summed E-state index contributed by atoms with van der Waals surface area (Å²) in [6.07, 6.45) is 0. The first-order chi connectivity index (χ1) is 22.3. The van der Waals surface area contributed by atoms with E-state index in [0.717, 1.165) is 0 Å². The van der Waals surface area contributed by atoms with E-state index >= 15 is 0 Å². The number of aryl methyl sites for hydroxylation is 1. The summed E-state index contributed by atoms with van der Waals surface area (Å²) in [7, 11) is 0. The molecule has 0 saturated heterocycles. The number of hydrogen-bond acceptors (Lipinski definition) is 1. The first kappa shape index (κ1) is 25.1. The van der Waals surface area contributed by atoms with Gasteiger partial charge in [-0.15, -0.1) is 11.3 Å². The van der Waals surface area contributed by atoms with E-state index in [-0.39, 0.29) is 5.41 Å². The molecular weight excluding hydrogens is 561 g/mol. The van der Waals surface area contributed by atoms with Gasteiger partial charge in [0.25, 0.3) is 0 Å². The minimum Gasteiger partial charge on any atom is -0.143 e. The number of hydrogen-bond donors (Lipinski definition) is 0. The van der Waals surface area contributed by atoms with Gasteiger partial charge in [0.2, 0.25) is 0 Å². The summed E-state index contributed by atoms with van der Waals surface area (Å²) in [5.41, 5.74) is 15.8. The number of benzene rings is 7. The van der Waals surface area contributed by atoms with E-state index in [2.05, 4.69) is 158 Å². The van der Waals surface area contributed by atoms with Gasteiger partial charge in [-0.25, -0.2) is 0 Å². The molecule has 1 aromatic heterocycles. The van der Waals surface area contributed by atoms with Crippen LogP contribution in [-0.4, -0.2) is 0 Å². The van der Waals surface area contributed by atoms with Crippen molar-refractivity contribution in [2.75, 3.05) is 0 Å². The molecule has 0 fully saturated rings. The third kappa shape index (κ3) is 3.16. The Hall–Kier alpha value is -5.24. The van der Waals surface area contributed by atoms with Gasteiger partial charge < -0.3 is 0 Å². The molecule has 10 rings (SSSR count). The number of fused-ring (bicyclic) bond motifs is 12. The summed E-state index contributed by atoms with van der Waals surface area (Å²) >= 11 is 1.87. The highest BCUT2D eigenvalue weighted by Gasteiger charge is 2.52. The lowest BCUT2D eigenvalue weighted by molar-refractivity contribution is 0.796. The van der Waals surface area contributed by atoms with Crippen LogP contribution in [0.4, 0.5) is 0 Å². The van der Waals surface area contributed by atoms with Crippen molar-refractivity contribution in [3.63, 3.8) is 0 Å². The average molecular weight is 589 g/mol. The summed E-state index contributed by atoms with van der Waals surface area (Å²) in [6, 6.07) is 54.7. The molecule has 0 N–H and O–H groups in total. The molecular formula is C44H28S. The van der Waals surface area contributed by atoms with Gasteiger partial charge in [-0.2, -0.15) is 0 Å². The molecule has 1 atom stereocenters. The van der Waals surface area contributed by atoms with Gasteiger partial charge in [0.1, 0.15) is 0 Å². The maximum atomic E-state index is 2.40. The van der Waals surface area contributed by atoms with E-state index < -0.39 is 0 Å². The van der Waals surface area contributed by atoms with Crippen molar-refractivity contribution >= 4 is 32.9 Å². The van der Waals surface area contributed by atoms with Gasteiger partial charge in [-0.1, -0.05) is 145 Å². The summed E-state index contributed by atoms with van der Waals surface area (Å²) < 4.78 is 0. The standard InChI is InChI=1S/C44H28S/c1-27-21-23-28(24-22-27)40-29-11-2-4-13-31(29)41(32-14-5-3-12-30(32)40)35-17-10-20-38-42(35)33-15-6-8-18-36(33)44(38)37-19-9-7-16-34(37)43-39(44)25-26-45-43/h2-26H,1H3. The monoisotopic (exact) mass is 588 g/mol. The predicted molar refractivity (Wildman–Crippen MR) is 191 cm³/mol. The Bertz CT molecular complexity index is 2440. The summed E-state index contributed by atoms with van der Waals surface area (Å²) in [5.74, 6) is 0. The van der Waals surface area contributed by atoms with Crippen LogP contribution in [0.15, 0.2) is 151 Å². The normalized spacial score (nSPS) is 15.8. The molecule has 1 spiro atoms. The Morgan fingerprint density at radius 1 is 0.400 bits per heavy atom. The van der Waals surface area contributed by atoms with Gasteiger partial charge in [0.15, 0.2) is 0 Å². The molecule has 1 heterocycles. The topological polar surface area (TPSA) is 0 Å². The molecule has 210 valence electrons. The second-order valence-electron chi connectivity index (χ2n) is 12.4. The average Bonchev–Trinajstić information content (AvgIpc) is 3.77. The highest BCUT2D eigenvalue weighted by atomic mass is 32.1. The molecule has 45 heavy (non-hydrogen) atoms. The van der Waals surface area contributed by atoms with Crippen molar-refractivity contribution < 1.29 is 0 Å². The molecule has 2 aliphatic rings. The molecule has 7 aromatic carbocycles. The summed E-state index contributed by atoms with van der Waals surface area (Å²) in [5, 5.41) is 7.45. The zero-order valence-corrected chi connectivity index (χ0v) is 25.7. The Morgan fingerprint density at radius 3 is 1.62 bits per heavy atom. The SMILES string of the molecule is Cc1ccc(-c2c3ccccc3c(-c3cccc4c3-c3ccccc3C43c4ccccc4-c4sccc43)c3ccccc23)cc1. The molecule has 1 unspecified atom stereocenters. The zero-order chi connectivity index (χ0) is 29.7. The molecule has 0 aliphatic heterocycles. The van der Waals surface area contributed by atoms with E-state index in [1.54, 1.807) is 0 Å². The Labute approximate surface area is 266 Å². The minimum absolute atomic E-state index is 0.318. The molecule has 0 radical (unpaired) electrons. The minimum atomic E-state index is -0.318. The first-order valence-electron chi connectivity index (χ1n) is 15.7. The van der Waals surface area contributed by atoms with Gasteiger partial charge in [0.05, 0.1) is 5.41 Å². The number of thiophene rings is 1. The molecule has 0 amide bonds. The Balaban J connectivity index is 1.36. The third-order valence-electron chi connectivity index (χ3n) is 10.3. The molecule has 0 bridgehead atoms. The third-order valence-corrected chi connectivity index (χ3v) is 11.2. The molecule has 0 nitrogen and oxygen atoms in total. The van der Waals surface area contributed by atoms with E-state index in [1.165, 1.54) is 93.2 Å². The smallest absolute Gasteiger partial charge is 0.0734 e. The highest BCUT2D eigenvalue weighted by Crippen LogP contribution is 2.65. The van der Waals surface area contributed by atoms with E-state index in [0.29, 0.717) is 0 Å². The molecule has 2 aliphatic carbocycles. The highest BCUT2D eigenvalue weighted by molar-refractivity contribution is 7.14. The van der Waals surface area contributed by atoms with Crippen molar-refractivity contribution in [1.82, 2.24) is 0 Å². The second-order valence-corrected chi connectivity index (χ2v) is 13.4. The van der Waals surface area contributed by atoms with Gasteiger partial charge in [-0.3, -0.25) is 0 Å². The molecule has 0 saturated carbocycles. The van der Waals surface area contributed by atoms with E-state index in [9.17, 15) is 0 Å². The number of rotatable bonds is 2. The van der Waals surface area contributed by atoms with Crippen molar-refractivity contribution in [1.29, 1.82) is 0 Å². The van der Waals surface area contributed by atoms with Crippen LogP contribution in [0.25, 0.3) is 65.4 Å². The Kier molecular flexibility index (Phi) is 5.10. The van der Waals surface area contributed by atoms with E-state index in [1.807, 2.05) is 11.3 Å². The molecule has 1 heteroatoms. The van der Waals surface area contributed by atoms with Crippen LogP contribution in [0.1, 0.15) is 27.8 Å². The summed E-state index contributed by atoms with van der Waals surface area (Å²) in [6.45, 7) is 2.16. The van der Waals surface area contributed by atoms with E-state index in [4.69, 9.17) is 0 Å².